The average molecular weight is 433 g/mol. The van der Waals surface area contributed by atoms with Crippen LogP contribution in [0.1, 0.15) is 21.6 Å². The molecular formula is C20H17ClN2O5S. The van der Waals surface area contributed by atoms with Gasteiger partial charge >= 0.3 is 5.97 Å². The summed E-state index contributed by atoms with van der Waals surface area (Å²) in [5.41, 5.74) is 1.26. The van der Waals surface area contributed by atoms with E-state index in [9.17, 15) is 13.2 Å². The summed E-state index contributed by atoms with van der Waals surface area (Å²) in [6, 6.07) is 13.3. The van der Waals surface area contributed by atoms with Gasteiger partial charge in [0.25, 0.3) is 0 Å². The summed E-state index contributed by atoms with van der Waals surface area (Å²) < 4.78 is 35.6. The number of rotatable bonds is 6. The van der Waals surface area contributed by atoms with Gasteiger partial charge in [-0.3, -0.25) is 0 Å². The molecule has 2 aromatic carbocycles. The fourth-order valence-corrected chi connectivity index (χ4v) is 3.78. The lowest BCUT2D eigenvalue weighted by Gasteiger charge is -2.08. The molecule has 0 aliphatic heterocycles. The summed E-state index contributed by atoms with van der Waals surface area (Å²) in [4.78, 5) is 20.1. The van der Waals surface area contributed by atoms with Crippen molar-refractivity contribution in [2.45, 2.75) is 17.8 Å². The summed E-state index contributed by atoms with van der Waals surface area (Å²) in [6.45, 7) is 1.90. The molecule has 7 nitrogen and oxygen atoms in total. The number of esters is 1. The lowest BCUT2D eigenvalue weighted by Crippen LogP contribution is -2.16. The number of carbonyl (C=O) groups is 1. The number of hydrogen-bond donors (Lipinski definition) is 0. The summed E-state index contributed by atoms with van der Waals surface area (Å²) in [6.07, 6.45) is 1.07. The van der Waals surface area contributed by atoms with E-state index < -0.39 is 21.0 Å². The first-order valence-corrected chi connectivity index (χ1v) is 10.5. The Morgan fingerprint density at radius 3 is 2.28 bits per heavy atom. The number of aromatic nitrogens is 2. The second kappa shape index (κ2) is 8.59. The third-order valence-electron chi connectivity index (χ3n) is 3.94. The fraction of sp³-hybridized carbons (Fsp3) is 0.150. The van der Waals surface area contributed by atoms with Crippen LogP contribution in [0.2, 0.25) is 5.02 Å². The molecule has 0 radical (unpaired) electrons. The minimum absolute atomic E-state index is 0.113. The fourth-order valence-electron chi connectivity index (χ4n) is 2.41. The molecule has 0 amide bonds. The maximum Gasteiger partial charge on any atom is 0.364 e. The topological polar surface area (TPSA) is 95.5 Å². The SMILES string of the molecule is COc1ccc(OC(=O)c2nc(S(=O)(=O)Cc3ccc(C)cc3)ncc2Cl)cc1. The van der Waals surface area contributed by atoms with Crippen LogP contribution < -0.4 is 9.47 Å². The molecule has 0 aliphatic carbocycles. The highest BCUT2D eigenvalue weighted by molar-refractivity contribution is 7.90. The van der Waals surface area contributed by atoms with Crippen LogP contribution in [0.4, 0.5) is 0 Å². The molecule has 0 saturated heterocycles. The van der Waals surface area contributed by atoms with Gasteiger partial charge in [0.1, 0.15) is 11.5 Å². The highest BCUT2D eigenvalue weighted by atomic mass is 35.5. The van der Waals surface area contributed by atoms with Crippen LogP contribution >= 0.6 is 11.6 Å². The van der Waals surface area contributed by atoms with Crippen molar-refractivity contribution >= 4 is 27.4 Å². The van der Waals surface area contributed by atoms with Crippen LogP contribution in [0, 0.1) is 6.92 Å². The molecule has 0 aliphatic rings. The maximum atomic E-state index is 12.7. The summed E-state index contributed by atoms with van der Waals surface area (Å²) in [7, 11) is -2.37. The molecule has 0 atom stereocenters. The largest absolute Gasteiger partial charge is 0.497 e. The number of aryl methyl sites for hydroxylation is 1. The third kappa shape index (κ3) is 5.10. The second-order valence-electron chi connectivity index (χ2n) is 6.16. The van der Waals surface area contributed by atoms with Crippen LogP contribution in [0.15, 0.2) is 59.9 Å². The number of halogens is 1. The van der Waals surface area contributed by atoms with E-state index in [0.29, 0.717) is 11.3 Å². The van der Waals surface area contributed by atoms with Gasteiger partial charge in [-0.25, -0.2) is 23.2 Å². The quantitative estimate of drug-likeness (QED) is 0.333. The number of ether oxygens (including phenoxy) is 2. The van der Waals surface area contributed by atoms with Gasteiger partial charge in [0, 0.05) is 0 Å². The van der Waals surface area contributed by atoms with Gasteiger partial charge in [0.2, 0.25) is 15.0 Å². The molecule has 0 spiro atoms. The van der Waals surface area contributed by atoms with Crippen LogP contribution in [-0.2, 0) is 15.6 Å². The van der Waals surface area contributed by atoms with Gasteiger partial charge in [-0.2, -0.15) is 0 Å². The molecule has 1 heterocycles. The zero-order valence-corrected chi connectivity index (χ0v) is 17.2. The van der Waals surface area contributed by atoms with Crippen molar-refractivity contribution < 1.29 is 22.7 Å². The highest BCUT2D eigenvalue weighted by Crippen LogP contribution is 2.21. The maximum absolute atomic E-state index is 12.7. The lowest BCUT2D eigenvalue weighted by atomic mass is 10.2. The smallest absolute Gasteiger partial charge is 0.364 e. The van der Waals surface area contributed by atoms with Gasteiger partial charge in [-0.05, 0) is 36.8 Å². The molecule has 0 unspecified atom stereocenters. The van der Waals surface area contributed by atoms with E-state index >= 15 is 0 Å². The van der Waals surface area contributed by atoms with Crippen LogP contribution in [0.5, 0.6) is 11.5 Å². The summed E-state index contributed by atoms with van der Waals surface area (Å²) in [5.74, 6) is -0.375. The van der Waals surface area contributed by atoms with Crippen molar-refractivity contribution in [3.8, 4) is 11.5 Å². The van der Waals surface area contributed by atoms with Crippen molar-refractivity contribution in [2.24, 2.45) is 0 Å². The molecule has 0 bridgehead atoms. The Hall–Kier alpha value is -2.97. The molecule has 3 aromatic rings. The van der Waals surface area contributed by atoms with E-state index in [1.807, 2.05) is 19.1 Å². The van der Waals surface area contributed by atoms with E-state index in [1.165, 1.54) is 19.2 Å². The minimum atomic E-state index is -3.89. The lowest BCUT2D eigenvalue weighted by molar-refractivity contribution is 0.0727. The number of sulfone groups is 1. The van der Waals surface area contributed by atoms with Crippen molar-refractivity contribution in [1.29, 1.82) is 0 Å². The Morgan fingerprint density at radius 1 is 1.03 bits per heavy atom. The van der Waals surface area contributed by atoms with Crippen LogP contribution in [0.3, 0.4) is 0 Å². The van der Waals surface area contributed by atoms with E-state index in [4.69, 9.17) is 21.1 Å². The number of benzene rings is 2. The van der Waals surface area contributed by atoms with Gasteiger partial charge in [0.05, 0.1) is 24.1 Å². The number of nitrogens with zero attached hydrogens (tertiary/aromatic N) is 2. The Balaban J connectivity index is 1.84. The third-order valence-corrected chi connectivity index (χ3v) is 5.68. The zero-order chi connectivity index (χ0) is 21.0. The first kappa shape index (κ1) is 20.8. The monoisotopic (exact) mass is 432 g/mol. The summed E-state index contributed by atoms with van der Waals surface area (Å²) in [5, 5.41) is -0.609. The Bertz CT molecular complexity index is 1130. The van der Waals surface area contributed by atoms with E-state index in [-0.39, 0.29) is 22.2 Å². The predicted octanol–water partition coefficient (Wildman–Crippen LogP) is 3.64. The van der Waals surface area contributed by atoms with Gasteiger partial charge in [0.15, 0.2) is 5.69 Å². The normalized spacial score (nSPS) is 11.1. The molecular weight excluding hydrogens is 416 g/mol. The molecule has 29 heavy (non-hydrogen) atoms. The van der Waals surface area contributed by atoms with Crippen molar-refractivity contribution in [1.82, 2.24) is 9.97 Å². The predicted molar refractivity (Wildman–Crippen MR) is 107 cm³/mol. The summed E-state index contributed by atoms with van der Waals surface area (Å²) >= 11 is 5.99. The van der Waals surface area contributed by atoms with Crippen LogP contribution in [-0.4, -0.2) is 31.5 Å². The van der Waals surface area contributed by atoms with Crippen molar-refractivity contribution in [3.05, 3.63) is 76.6 Å². The molecule has 9 heteroatoms. The molecule has 1 aromatic heterocycles. The number of carbonyl (C=O) groups excluding carboxylic acids is 1. The van der Waals surface area contributed by atoms with Crippen molar-refractivity contribution in [3.63, 3.8) is 0 Å². The van der Waals surface area contributed by atoms with Crippen LogP contribution in [0.25, 0.3) is 0 Å². The van der Waals surface area contributed by atoms with Gasteiger partial charge in [-0.15, -0.1) is 0 Å². The number of hydrogen-bond acceptors (Lipinski definition) is 7. The first-order chi connectivity index (χ1) is 13.8. The highest BCUT2D eigenvalue weighted by Gasteiger charge is 2.24. The van der Waals surface area contributed by atoms with Gasteiger partial charge < -0.3 is 9.47 Å². The standard InChI is InChI=1S/C20H17ClN2O5S/c1-13-3-5-14(6-4-13)12-29(25,26)20-22-11-17(21)18(23-20)19(24)28-16-9-7-15(27-2)8-10-16/h3-11H,12H2,1-2H3. The van der Waals surface area contributed by atoms with Crippen molar-refractivity contribution in [2.75, 3.05) is 7.11 Å². The van der Waals surface area contributed by atoms with E-state index in [1.54, 1.807) is 24.3 Å². The molecule has 150 valence electrons. The first-order valence-electron chi connectivity index (χ1n) is 8.45. The van der Waals surface area contributed by atoms with E-state index in [2.05, 4.69) is 9.97 Å². The minimum Gasteiger partial charge on any atom is -0.497 e. The average Bonchev–Trinajstić information content (AvgIpc) is 2.70. The Kier molecular flexibility index (Phi) is 6.14. The molecule has 0 N–H and O–H groups in total. The number of methoxy groups -OCH3 is 1. The van der Waals surface area contributed by atoms with Gasteiger partial charge in [-0.1, -0.05) is 41.4 Å². The molecule has 0 saturated carbocycles. The molecule has 0 fully saturated rings. The second-order valence-corrected chi connectivity index (χ2v) is 8.45. The zero-order valence-electron chi connectivity index (χ0n) is 15.6. The Morgan fingerprint density at radius 2 is 1.66 bits per heavy atom. The Labute approximate surface area is 173 Å². The molecule has 3 rings (SSSR count). The van der Waals surface area contributed by atoms with E-state index in [0.717, 1.165) is 11.8 Å².